The summed E-state index contributed by atoms with van der Waals surface area (Å²) in [7, 11) is 1.70. The van der Waals surface area contributed by atoms with Crippen molar-refractivity contribution in [3.05, 3.63) is 29.3 Å². The molecule has 0 aliphatic heterocycles. The number of aryl methyl sites for hydroxylation is 1. The predicted molar refractivity (Wildman–Crippen MR) is 82.4 cm³/mol. The molecule has 1 rings (SSSR count). The maximum atomic E-state index is 5.66. The topological polar surface area (TPSA) is 21.3 Å². The third-order valence-electron chi connectivity index (χ3n) is 2.97. The fourth-order valence-electron chi connectivity index (χ4n) is 2.03. The first-order valence-corrected chi connectivity index (χ1v) is 6.60. The Balaban J connectivity index is 3.38. The fourth-order valence-corrected chi connectivity index (χ4v) is 2.03. The van der Waals surface area contributed by atoms with Gasteiger partial charge in [-0.3, -0.25) is 0 Å². The van der Waals surface area contributed by atoms with Crippen LogP contribution in [0.5, 0.6) is 0 Å². The predicted octanol–water partition coefficient (Wildman–Crippen LogP) is 4.09. The van der Waals surface area contributed by atoms with Gasteiger partial charge in [0.2, 0.25) is 0 Å². The fraction of sp³-hybridized carbons (Fsp3) is 0.529. The summed E-state index contributed by atoms with van der Waals surface area (Å²) < 4.78 is 5.66. The lowest BCUT2D eigenvalue weighted by Gasteiger charge is -2.30. The Morgan fingerprint density at radius 2 is 1.79 bits per heavy atom. The van der Waals surface area contributed by atoms with Gasteiger partial charge in [0.15, 0.2) is 5.60 Å². The van der Waals surface area contributed by atoms with Gasteiger partial charge in [-0.25, -0.2) is 0 Å². The molecule has 0 aromatic heterocycles. The average molecular weight is 259 g/mol. The highest BCUT2D eigenvalue weighted by molar-refractivity contribution is 5.58. The lowest BCUT2D eigenvalue weighted by molar-refractivity contribution is 0.0556. The minimum absolute atomic E-state index is 0.00168. The molecule has 0 fully saturated rings. The number of ether oxygens (including phenoxy) is 1. The highest BCUT2D eigenvalue weighted by atomic mass is 16.5. The molecular formula is C17H25NO. The Labute approximate surface area is 117 Å². The summed E-state index contributed by atoms with van der Waals surface area (Å²) >= 11 is 0. The third kappa shape index (κ3) is 4.01. The first-order chi connectivity index (χ1) is 8.72. The van der Waals surface area contributed by atoms with E-state index in [2.05, 4.69) is 63.1 Å². The molecule has 0 aliphatic rings. The van der Waals surface area contributed by atoms with Crippen molar-refractivity contribution in [1.29, 1.82) is 0 Å². The Morgan fingerprint density at radius 1 is 1.16 bits per heavy atom. The number of hydrogen-bond acceptors (Lipinski definition) is 2. The molecule has 0 bridgehead atoms. The molecular weight excluding hydrogens is 234 g/mol. The van der Waals surface area contributed by atoms with Crippen molar-refractivity contribution in [2.75, 3.05) is 12.4 Å². The van der Waals surface area contributed by atoms with Gasteiger partial charge in [-0.05, 0) is 47.6 Å². The molecule has 1 N–H and O–H groups in total. The zero-order chi connectivity index (χ0) is 14.7. The van der Waals surface area contributed by atoms with Crippen LogP contribution in [-0.2, 0) is 10.3 Å². The molecule has 0 radical (unpaired) electrons. The van der Waals surface area contributed by atoms with Crippen LogP contribution < -0.4 is 5.32 Å². The second-order valence-electron chi connectivity index (χ2n) is 6.04. The van der Waals surface area contributed by atoms with Gasteiger partial charge in [0.1, 0.15) is 0 Å². The second-order valence-corrected chi connectivity index (χ2v) is 6.04. The number of benzene rings is 1. The van der Waals surface area contributed by atoms with Crippen molar-refractivity contribution in [2.45, 2.75) is 52.7 Å². The largest absolute Gasteiger partial charge is 0.380 e. The van der Waals surface area contributed by atoms with E-state index in [1.165, 1.54) is 5.56 Å². The van der Waals surface area contributed by atoms with Crippen LogP contribution in [0.3, 0.4) is 0 Å². The normalized spacial score (nSPS) is 14.3. The molecule has 0 spiro atoms. The monoisotopic (exact) mass is 259 g/mol. The minimum atomic E-state index is -0.589. The van der Waals surface area contributed by atoms with E-state index < -0.39 is 5.60 Å². The standard InChI is InChI=1S/C17H25NO/c1-8-11-17(6,19-7)14-12-13(2)9-10-15(14)18-16(3,4)5/h9-10,12,18H,1-7H3. The van der Waals surface area contributed by atoms with E-state index in [1.54, 1.807) is 7.11 Å². The van der Waals surface area contributed by atoms with Crippen LogP contribution in [-0.4, -0.2) is 12.6 Å². The Bertz CT molecular complexity index is 502. The quantitative estimate of drug-likeness (QED) is 0.825. The first-order valence-electron chi connectivity index (χ1n) is 6.60. The lowest BCUT2D eigenvalue weighted by Crippen LogP contribution is -2.30. The van der Waals surface area contributed by atoms with E-state index in [0.717, 1.165) is 11.3 Å². The number of anilines is 1. The molecule has 0 amide bonds. The molecule has 0 aliphatic carbocycles. The maximum Gasteiger partial charge on any atom is 0.152 e. The van der Waals surface area contributed by atoms with Gasteiger partial charge in [0.25, 0.3) is 0 Å². The highest BCUT2D eigenvalue weighted by Gasteiger charge is 2.28. The molecule has 19 heavy (non-hydrogen) atoms. The van der Waals surface area contributed by atoms with Crippen LogP contribution >= 0.6 is 0 Å². The molecule has 2 nitrogen and oxygen atoms in total. The van der Waals surface area contributed by atoms with Crippen molar-refractivity contribution < 1.29 is 4.74 Å². The van der Waals surface area contributed by atoms with Crippen LogP contribution in [0, 0.1) is 18.8 Å². The SMILES string of the molecule is CC#CC(C)(OC)c1cc(C)ccc1NC(C)(C)C. The summed E-state index contributed by atoms with van der Waals surface area (Å²) in [6.45, 7) is 12.4. The van der Waals surface area contributed by atoms with Crippen molar-refractivity contribution in [3.63, 3.8) is 0 Å². The van der Waals surface area contributed by atoms with Gasteiger partial charge in [0, 0.05) is 23.9 Å². The third-order valence-corrected chi connectivity index (χ3v) is 2.97. The van der Waals surface area contributed by atoms with Gasteiger partial charge in [0.05, 0.1) is 0 Å². The van der Waals surface area contributed by atoms with Crippen LogP contribution in [0.4, 0.5) is 5.69 Å². The number of hydrogen-bond donors (Lipinski definition) is 1. The molecule has 0 saturated carbocycles. The summed E-state index contributed by atoms with van der Waals surface area (Å²) in [5.74, 6) is 6.13. The molecule has 1 unspecified atom stereocenters. The average Bonchev–Trinajstić information content (AvgIpc) is 2.30. The van der Waals surface area contributed by atoms with Crippen LogP contribution in [0.25, 0.3) is 0 Å². The van der Waals surface area contributed by atoms with Gasteiger partial charge in [-0.15, -0.1) is 5.92 Å². The zero-order valence-electron chi connectivity index (χ0n) is 13.1. The molecule has 0 heterocycles. The Hall–Kier alpha value is -1.46. The molecule has 1 aromatic carbocycles. The molecule has 0 saturated heterocycles. The molecule has 104 valence electrons. The van der Waals surface area contributed by atoms with Crippen LogP contribution in [0.1, 0.15) is 45.7 Å². The summed E-state index contributed by atoms with van der Waals surface area (Å²) in [5, 5.41) is 3.53. The minimum Gasteiger partial charge on any atom is -0.380 e. The van der Waals surface area contributed by atoms with E-state index in [-0.39, 0.29) is 5.54 Å². The van der Waals surface area contributed by atoms with Crippen LogP contribution in [0.15, 0.2) is 18.2 Å². The van der Waals surface area contributed by atoms with Crippen molar-refractivity contribution >= 4 is 5.69 Å². The highest BCUT2D eigenvalue weighted by Crippen LogP contribution is 2.33. The van der Waals surface area contributed by atoms with Gasteiger partial charge in [-0.1, -0.05) is 23.6 Å². The van der Waals surface area contributed by atoms with Gasteiger partial charge in [-0.2, -0.15) is 0 Å². The molecule has 2 heteroatoms. The van der Waals surface area contributed by atoms with E-state index in [4.69, 9.17) is 4.74 Å². The smallest absolute Gasteiger partial charge is 0.152 e. The first kappa shape index (κ1) is 15.6. The summed E-state index contributed by atoms with van der Waals surface area (Å²) in [4.78, 5) is 0. The van der Waals surface area contributed by atoms with E-state index in [0.29, 0.717) is 0 Å². The van der Waals surface area contributed by atoms with Crippen molar-refractivity contribution in [2.24, 2.45) is 0 Å². The van der Waals surface area contributed by atoms with Crippen molar-refractivity contribution in [3.8, 4) is 11.8 Å². The molecule has 1 atom stereocenters. The number of rotatable bonds is 3. The van der Waals surface area contributed by atoms with E-state index in [1.807, 2.05) is 13.8 Å². The Morgan fingerprint density at radius 3 is 2.26 bits per heavy atom. The van der Waals surface area contributed by atoms with E-state index >= 15 is 0 Å². The Kier molecular flexibility index (Phi) is 4.66. The number of nitrogens with one attached hydrogen (secondary N) is 1. The van der Waals surface area contributed by atoms with Gasteiger partial charge < -0.3 is 10.1 Å². The van der Waals surface area contributed by atoms with E-state index in [9.17, 15) is 0 Å². The second kappa shape index (κ2) is 5.67. The summed E-state index contributed by atoms with van der Waals surface area (Å²) in [6.07, 6.45) is 0. The summed E-state index contributed by atoms with van der Waals surface area (Å²) in [6, 6.07) is 6.35. The van der Waals surface area contributed by atoms with Gasteiger partial charge >= 0.3 is 0 Å². The zero-order valence-corrected chi connectivity index (χ0v) is 13.1. The summed E-state index contributed by atoms with van der Waals surface area (Å²) in [5.41, 5.74) is 2.77. The number of methoxy groups -OCH3 is 1. The lowest BCUT2D eigenvalue weighted by atomic mass is 9.92. The molecule has 1 aromatic rings. The maximum absolute atomic E-state index is 5.66. The van der Waals surface area contributed by atoms with Crippen molar-refractivity contribution in [1.82, 2.24) is 0 Å². The van der Waals surface area contributed by atoms with Crippen LogP contribution in [0.2, 0.25) is 0 Å².